The predicted molar refractivity (Wildman–Crippen MR) is 153 cm³/mol. The van der Waals surface area contributed by atoms with Gasteiger partial charge in [-0.25, -0.2) is 4.79 Å². The third kappa shape index (κ3) is 6.15. The summed E-state index contributed by atoms with van der Waals surface area (Å²) in [6.07, 6.45) is 10.8. The van der Waals surface area contributed by atoms with Crippen molar-refractivity contribution >= 4 is 17.3 Å². The number of nitrogens with one attached hydrogen (secondary N) is 1. The summed E-state index contributed by atoms with van der Waals surface area (Å²) in [6.45, 7) is 11.0. The molecule has 0 spiro atoms. The SMILES string of the molecule is CCCCC1(CCCC)Nc2ccncc2N1Cc1ccc(-c2ccccc2C(=O)OC(C)(C)C)cc1. The van der Waals surface area contributed by atoms with Crippen LogP contribution in [0.25, 0.3) is 11.1 Å². The van der Waals surface area contributed by atoms with Crippen LogP contribution in [0, 0.1) is 0 Å². The molecule has 4 rings (SSSR count). The van der Waals surface area contributed by atoms with E-state index < -0.39 is 5.60 Å². The van der Waals surface area contributed by atoms with Gasteiger partial charge in [-0.3, -0.25) is 4.98 Å². The van der Waals surface area contributed by atoms with Crippen molar-refractivity contribution in [1.29, 1.82) is 0 Å². The number of aromatic nitrogens is 1. The van der Waals surface area contributed by atoms with Gasteiger partial charge in [-0.1, -0.05) is 69.2 Å². The highest BCUT2D eigenvalue weighted by molar-refractivity contribution is 5.97. The maximum Gasteiger partial charge on any atom is 0.339 e. The fraction of sp³-hybridized carbons (Fsp3) is 0.438. The normalized spacial score (nSPS) is 14.2. The predicted octanol–water partition coefficient (Wildman–Crippen LogP) is 8.21. The Kier molecular flexibility index (Phi) is 8.21. The van der Waals surface area contributed by atoms with Crippen molar-refractivity contribution in [1.82, 2.24) is 4.98 Å². The molecule has 1 N–H and O–H groups in total. The molecule has 0 radical (unpaired) electrons. The van der Waals surface area contributed by atoms with Crippen molar-refractivity contribution < 1.29 is 9.53 Å². The number of esters is 1. The molecule has 5 heteroatoms. The van der Waals surface area contributed by atoms with Crippen LogP contribution in [0.15, 0.2) is 67.0 Å². The summed E-state index contributed by atoms with van der Waals surface area (Å²) in [7, 11) is 0. The second-order valence-corrected chi connectivity index (χ2v) is 11.1. The Labute approximate surface area is 222 Å². The Bertz CT molecular complexity index is 1190. The van der Waals surface area contributed by atoms with Gasteiger partial charge in [0.25, 0.3) is 0 Å². The minimum absolute atomic E-state index is 0.0978. The first-order chi connectivity index (χ1) is 17.8. The van der Waals surface area contributed by atoms with Crippen molar-refractivity contribution in [3.8, 4) is 11.1 Å². The first-order valence-corrected chi connectivity index (χ1v) is 13.7. The van der Waals surface area contributed by atoms with Crippen LogP contribution in [0.1, 0.15) is 89.1 Å². The van der Waals surface area contributed by atoms with Crippen LogP contribution in [-0.4, -0.2) is 22.2 Å². The molecule has 0 atom stereocenters. The number of carbonyl (C=O) groups is 1. The minimum atomic E-state index is -0.537. The van der Waals surface area contributed by atoms with E-state index in [0.29, 0.717) is 5.56 Å². The number of fused-ring (bicyclic) bond motifs is 1. The summed E-state index contributed by atoms with van der Waals surface area (Å²) in [5.41, 5.74) is 5.43. The zero-order valence-electron chi connectivity index (χ0n) is 23.0. The lowest BCUT2D eigenvalue weighted by atomic mass is 9.94. The van der Waals surface area contributed by atoms with E-state index in [9.17, 15) is 4.79 Å². The summed E-state index contributed by atoms with van der Waals surface area (Å²) in [6, 6.07) is 18.4. The Hall–Kier alpha value is -3.34. The van der Waals surface area contributed by atoms with Gasteiger partial charge in [-0.2, -0.15) is 0 Å². The van der Waals surface area contributed by atoms with Gasteiger partial charge in [0.15, 0.2) is 0 Å². The molecule has 0 aliphatic carbocycles. The van der Waals surface area contributed by atoms with Crippen LogP contribution in [-0.2, 0) is 11.3 Å². The monoisotopic (exact) mass is 499 g/mol. The van der Waals surface area contributed by atoms with Gasteiger partial charge in [0.2, 0.25) is 0 Å². The molecule has 196 valence electrons. The second kappa shape index (κ2) is 11.4. The van der Waals surface area contributed by atoms with Gasteiger partial charge in [0.05, 0.1) is 23.1 Å². The number of nitrogens with zero attached hydrogens (tertiary/aromatic N) is 2. The van der Waals surface area contributed by atoms with Crippen molar-refractivity contribution in [2.45, 2.75) is 91.0 Å². The molecule has 37 heavy (non-hydrogen) atoms. The topological polar surface area (TPSA) is 54.5 Å². The average Bonchev–Trinajstić information content (AvgIpc) is 3.19. The van der Waals surface area contributed by atoms with Gasteiger partial charge in [0, 0.05) is 12.7 Å². The highest BCUT2D eigenvalue weighted by atomic mass is 16.6. The second-order valence-electron chi connectivity index (χ2n) is 11.1. The molecule has 3 aromatic rings. The summed E-state index contributed by atoms with van der Waals surface area (Å²) in [5, 5.41) is 3.90. The highest BCUT2D eigenvalue weighted by Gasteiger charge is 2.42. The molecule has 1 aliphatic heterocycles. The van der Waals surface area contributed by atoms with E-state index in [-0.39, 0.29) is 11.6 Å². The van der Waals surface area contributed by atoms with E-state index in [4.69, 9.17) is 4.74 Å². The number of carbonyl (C=O) groups excluding carboxylic acids is 1. The van der Waals surface area contributed by atoms with Gasteiger partial charge < -0.3 is 15.0 Å². The quantitative estimate of drug-likeness (QED) is 0.285. The number of rotatable bonds is 10. The fourth-order valence-corrected chi connectivity index (χ4v) is 5.17. The summed E-state index contributed by atoms with van der Waals surface area (Å²) in [5.74, 6) is -0.295. The number of anilines is 2. The molecule has 1 aromatic heterocycles. The zero-order chi connectivity index (χ0) is 26.5. The van der Waals surface area contributed by atoms with Crippen LogP contribution in [0.4, 0.5) is 11.4 Å². The van der Waals surface area contributed by atoms with Crippen LogP contribution >= 0.6 is 0 Å². The zero-order valence-corrected chi connectivity index (χ0v) is 23.0. The van der Waals surface area contributed by atoms with Crippen LogP contribution in [0.5, 0.6) is 0 Å². The lowest BCUT2D eigenvalue weighted by molar-refractivity contribution is 0.00704. The third-order valence-electron chi connectivity index (χ3n) is 7.01. The minimum Gasteiger partial charge on any atom is -0.456 e. The number of benzene rings is 2. The Morgan fingerprint density at radius 1 is 0.973 bits per heavy atom. The van der Waals surface area contributed by atoms with E-state index in [1.807, 2.05) is 57.4 Å². The van der Waals surface area contributed by atoms with E-state index in [1.165, 1.54) is 42.6 Å². The lowest BCUT2D eigenvalue weighted by Gasteiger charge is -2.41. The largest absolute Gasteiger partial charge is 0.456 e. The fourth-order valence-electron chi connectivity index (χ4n) is 5.17. The maximum absolute atomic E-state index is 12.9. The third-order valence-corrected chi connectivity index (χ3v) is 7.01. The van der Waals surface area contributed by atoms with E-state index in [1.54, 1.807) is 0 Å². The van der Waals surface area contributed by atoms with Crippen molar-refractivity contribution in [3.05, 3.63) is 78.1 Å². The van der Waals surface area contributed by atoms with Crippen molar-refractivity contribution in [3.63, 3.8) is 0 Å². The standard InChI is InChI=1S/C32H41N3O2/c1-6-8-19-32(20-9-7-2)34-28-18-21-33-22-29(28)35(32)23-24-14-16-25(17-15-24)26-12-10-11-13-27(26)30(36)37-31(3,4)5/h10-18,21-22,34H,6-9,19-20,23H2,1-5H3. The van der Waals surface area contributed by atoms with E-state index in [0.717, 1.165) is 30.5 Å². The molecule has 5 nitrogen and oxygen atoms in total. The van der Waals surface area contributed by atoms with Gasteiger partial charge in [-0.05, 0) is 75.3 Å². The summed E-state index contributed by atoms with van der Waals surface area (Å²) < 4.78 is 5.66. The molecule has 2 aromatic carbocycles. The van der Waals surface area contributed by atoms with Gasteiger partial charge >= 0.3 is 5.97 Å². The molecule has 0 unspecified atom stereocenters. The molecule has 1 aliphatic rings. The van der Waals surface area contributed by atoms with Crippen LogP contribution < -0.4 is 10.2 Å². The maximum atomic E-state index is 12.9. The molecule has 0 amide bonds. The number of ether oxygens (including phenoxy) is 1. The highest BCUT2D eigenvalue weighted by Crippen LogP contribution is 2.45. The van der Waals surface area contributed by atoms with Crippen LogP contribution in [0.3, 0.4) is 0 Å². The van der Waals surface area contributed by atoms with Gasteiger partial charge in [0.1, 0.15) is 11.3 Å². The van der Waals surface area contributed by atoms with E-state index >= 15 is 0 Å². The lowest BCUT2D eigenvalue weighted by Crippen LogP contribution is -2.50. The Balaban J connectivity index is 1.62. The average molecular weight is 500 g/mol. The molecular formula is C32H41N3O2. The first kappa shape index (κ1) is 26.7. The molecule has 0 bridgehead atoms. The first-order valence-electron chi connectivity index (χ1n) is 13.7. The molecular weight excluding hydrogens is 458 g/mol. The number of unbranched alkanes of at least 4 members (excludes halogenated alkanes) is 2. The van der Waals surface area contributed by atoms with Gasteiger partial charge in [-0.15, -0.1) is 0 Å². The molecule has 0 saturated carbocycles. The molecule has 2 heterocycles. The number of hydrogen-bond acceptors (Lipinski definition) is 5. The van der Waals surface area contributed by atoms with Crippen molar-refractivity contribution in [2.75, 3.05) is 10.2 Å². The van der Waals surface area contributed by atoms with Crippen LogP contribution in [0.2, 0.25) is 0 Å². The number of hydrogen-bond donors (Lipinski definition) is 1. The van der Waals surface area contributed by atoms with Crippen molar-refractivity contribution in [2.24, 2.45) is 0 Å². The summed E-state index contributed by atoms with van der Waals surface area (Å²) >= 11 is 0. The smallest absolute Gasteiger partial charge is 0.339 e. The Morgan fingerprint density at radius 3 is 2.30 bits per heavy atom. The molecule has 0 saturated heterocycles. The van der Waals surface area contributed by atoms with E-state index in [2.05, 4.69) is 59.4 Å². The molecule has 0 fully saturated rings. The summed E-state index contributed by atoms with van der Waals surface area (Å²) in [4.78, 5) is 19.9. The number of pyridine rings is 1. The Morgan fingerprint density at radius 2 is 1.65 bits per heavy atom.